The summed E-state index contributed by atoms with van der Waals surface area (Å²) in [6.45, 7) is 9.84. The number of methoxy groups -OCH3 is 1. The lowest BCUT2D eigenvalue weighted by Gasteiger charge is -2.14. The monoisotopic (exact) mass is 257 g/mol. The number of aromatic nitrogens is 1. The van der Waals surface area contributed by atoms with Gasteiger partial charge in [-0.05, 0) is 20.8 Å². The fourth-order valence-corrected chi connectivity index (χ4v) is 2.46. The Kier molecular flexibility index (Phi) is 6.65. The number of ether oxygens (including phenoxy) is 1. The van der Waals surface area contributed by atoms with E-state index in [2.05, 4.69) is 36.4 Å². The number of aryl methyl sites for hydroxylation is 2. The molecule has 1 aromatic rings. The van der Waals surface area contributed by atoms with E-state index in [0.717, 1.165) is 36.9 Å². The predicted octanol–water partition coefficient (Wildman–Crippen LogP) is 1.47. The maximum atomic E-state index is 4.98. The molecule has 0 aliphatic carbocycles. The second-order valence-corrected chi connectivity index (χ2v) is 5.51. The van der Waals surface area contributed by atoms with Crippen LogP contribution in [0.5, 0.6) is 0 Å². The van der Waals surface area contributed by atoms with E-state index in [1.807, 2.05) is 0 Å². The molecule has 1 atom stereocenters. The normalized spacial score (nSPS) is 12.9. The fraction of sp³-hybridized carbons (Fsp3) is 0.750. The van der Waals surface area contributed by atoms with Crippen LogP contribution >= 0.6 is 11.3 Å². The van der Waals surface area contributed by atoms with E-state index < -0.39 is 0 Å². The molecular weight excluding hydrogens is 234 g/mol. The standard InChI is InChI=1S/C12H23N3OS/c1-9(7-13-5-6-16-4)14-8-12-10(2)15-11(3)17-12/h9,13-14H,5-8H2,1-4H3. The summed E-state index contributed by atoms with van der Waals surface area (Å²) in [6, 6.07) is 0.452. The SMILES string of the molecule is COCCNCC(C)NCc1sc(C)nc1C. The molecule has 0 radical (unpaired) electrons. The topological polar surface area (TPSA) is 46.2 Å². The molecule has 1 heterocycles. The Labute approximate surface area is 108 Å². The van der Waals surface area contributed by atoms with Crippen LogP contribution in [0.4, 0.5) is 0 Å². The molecule has 0 saturated heterocycles. The Hall–Kier alpha value is -0.490. The molecule has 1 unspecified atom stereocenters. The molecule has 0 spiro atoms. The Bertz CT molecular complexity index is 328. The zero-order valence-corrected chi connectivity index (χ0v) is 12.0. The van der Waals surface area contributed by atoms with Crippen LogP contribution in [0.25, 0.3) is 0 Å². The fourth-order valence-electron chi connectivity index (χ4n) is 1.57. The molecule has 4 nitrogen and oxygen atoms in total. The van der Waals surface area contributed by atoms with E-state index in [1.54, 1.807) is 18.4 Å². The Morgan fingerprint density at radius 1 is 1.41 bits per heavy atom. The first kappa shape index (κ1) is 14.6. The van der Waals surface area contributed by atoms with Crippen molar-refractivity contribution < 1.29 is 4.74 Å². The highest BCUT2D eigenvalue weighted by atomic mass is 32.1. The predicted molar refractivity (Wildman–Crippen MR) is 72.6 cm³/mol. The molecule has 0 aromatic carbocycles. The molecule has 98 valence electrons. The van der Waals surface area contributed by atoms with Gasteiger partial charge in [0.2, 0.25) is 0 Å². The number of nitrogens with one attached hydrogen (secondary N) is 2. The van der Waals surface area contributed by atoms with Crippen LogP contribution in [0.2, 0.25) is 0 Å². The van der Waals surface area contributed by atoms with Crippen LogP contribution in [0.3, 0.4) is 0 Å². The van der Waals surface area contributed by atoms with Crippen molar-refractivity contribution in [2.24, 2.45) is 0 Å². The van der Waals surface area contributed by atoms with Crippen molar-refractivity contribution >= 4 is 11.3 Å². The summed E-state index contributed by atoms with van der Waals surface area (Å²) in [5.74, 6) is 0. The van der Waals surface area contributed by atoms with Crippen LogP contribution in [0.1, 0.15) is 22.5 Å². The number of nitrogens with zero attached hydrogens (tertiary/aromatic N) is 1. The first-order valence-corrected chi connectivity index (χ1v) is 6.81. The lowest BCUT2D eigenvalue weighted by molar-refractivity contribution is 0.198. The van der Waals surface area contributed by atoms with Gasteiger partial charge in [-0.3, -0.25) is 0 Å². The van der Waals surface area contributed by atoms with Gasteiger partial charge in [0, 0.05) is 37.7 Å². The number of rotatable bonds is 8. The van der Waals surface area contributed by atoms with Crippen LogP contribution in [0.15, 0.2) is 0 Å². The number of hydrogen-bond acceptors (Lipinski definition) is 5. The van der Waals surface area contributed by atoms with Crippen LogP contribution < -0.4 is 10.6 Å². The molecule has 0 amide bonds. The minimum atomic E-state index is 0.452. The van der Waals surface area contributed by atoms with E-state index in [9.17, 15) is 0 Å². The lowest BCUT2D eigenvalue weighted by Crippen LogP contribution is -2.37. The summed E-state index contributed by atoms with van der Waals surface area (Å²) in [4.78, 5) is 5.76. The summed E-state index contributed by atoms with van der Waals surface area (Å²) in [7, 11) is 1.72. The Morgan fingerprint density at radius 3 is 2.76 bits per heavy atom. The number of thiazole rings is 1. The van der Waals surface area contributed by atoms with Gasteiger partial charge in [0.15, 0.2) is 0 Å². The Morgan fingerprint density at radius 2 is 2.18 bits per heavy atom. The molecule has 1 rings (SSSR count). The summed E-state index contributed by atoms with van der Waals surface area (Å²) in [5.41, 5.74) is 1.15. The summed E-state index contributed by atoms with van der Waals surface area (Å²) < 4.78 is 4.98. The van der Waals surface area contributed by atoms with Gasteiger partial charge in [-0.25, -0.2) is 4.98 Å². The van der Waals surface area contributed by atoms with Crippen molar-refractivity contribution in [2.75, 3.05) is 26.8 Å². The minimum Gasteiger partial charge on any atom is -0.383 e. The molecule has 2 N–H and O–H groups in total. The third-order valence-electron chi connectivity index (χ3n) is 2.54. The summed E-state index contributed by atoms with van der Waals surface area (Å²) in [5, 5.41) is 7.98. The molecule has 0 saturated carbocycles. The molecule has 0 bridgehead atoms. The largest absolute Gasteiger partial charge is 0.383 e. The van der Waals surface area contributed by atoms with Gasteiger partial charge in [-0.15, -0.1) is 11.3 Å². The first-order valence-electron chi connectivity index (χ1n) is 5.99. The Balaban J connectivity index is 2.19. The number of hydrogen-bond donors (Lipinski definition) is 2. The van der Waals surface area contributed by atoms with E-state index >= 15 is 0 Å². The average molecular weight is 257 g/mol. The van der Waals surface area contributed by atoms with E-state index in [0.29, 0.717) is 6.04 Å². The van der Waals surface area contributed by atoms with Gasteiger partial charge in [-0.1, -0.05) is 0 Å². The minimum absolute atomic E-state index is 0.452. The molecule has 1 aromatic heterocycles. The second kappa shape index (κ2) is 7.76. The highest BCUT2D eigenvalue weighted by molar-refractivity contribution is 7.11. The van der Waals surface area contributed by atoms with Crippen LogP contribution in [-0.2, 0) is 11.3 Å². The highest BCUT2D eigenvalue weighted by Crippen LogP contribution is 2.16. The van der Waals surface area contributed by atoms with Gasteiger partial charge in [0.25, 0.3) is 0 Å². The van der Waals surface area contributed by atoms with Gasteiger partial charge in [-0.2, -0.15) is 0 Å². The third kappa shape index (κ3) is 5.59. The lowest BCUT2D eigenvalue weighted by atomic mass is 10.3. The van der Waals surface area contributed by atoms with Gasteiger partial charge >= 0.3 is 0 Å². The maximum Gasteiger partial charge on any atom is 0.0900 e. The maximum absolute atomic E-state index is 4.98. The highest BCUT2D eigenvalue weighted by Gasteiger charge is 2.06. The van der Waals surface area contributed by atoms with Crippen molar-refractivity contribution in [3.05, 3.63) is 15.6 Å². The second-order valence-electron chi connectivity index (χ2n) is 4.22. The zero-order chi connectivity index (χ0) is 12.7. The van der Waals surface area contributed by atoms with Crippen molar-refractivity contribution in [3.63, 3.8) is 0 Å². The molecule has 0 aliphatic rings. The van der Waals surface area contributed by atoms with Crippen LogP contribution in [0, 0.1) is 13.8 Å². The van der Waals surface area contributed by atoms with Crippen molar-refractivity contribution in [1.82, 2.24) is 15.6 Å². The van der Waals surface area contributed by atoms with E-state index in [-0.39, 0.29) is 0 Å². The molecule has 0 fully saturated rings. The quantitative estimate of drug-likeness (QED) is 0.692. The molecule has 17 heavy (non-hydrogen) atoms. The van der Waals surface area contributed by atoms with Crippen LogP contribution in [-0.4, -0.2) is 37.8 Å². The third-order valence-corrected chi connectivity index (χ3v) is 3.62. The molecule has 0 aliphatic heterocycles. The summed E-state index contributed by atoms with van der Waals surface area (Å²) >= 11 is 1.77. The van der Waals surface area contributed by atoms with Gasteiger partial charge in [0.1, 0.15) is 0 Å². The smallest absolute Gasteiger partial charge is 0.0900 e. The average Bonchev–Trinajstić information content (AvgIpc) is 2.61. The van der Waals surface area contributed by atoms with Crippen molar-refractivity contribution in [3.8, 4) is 0 Å². The van der Waals surface area contributed by atoms with E-state index in [4.69, 9.17) is 4.74 Å². The first-order chi connectivity index (χ1) is 8.13. The molecular formula is C12H23N3OS. The molecule has 5 heteroatoms. The van der Waals surface area contributed by atoms with E-state index in [1.165, 1.54) is 4.88 Å². The van der Waals surface area contributed by atoms with Crippen molar-refractivity contribution in [1.29, 1.82) is 0 Å². The van der Waals surface area contributed by atoms with Crippen molar-refractivity contribution in [2.45, 2.75) is 33.4 Å². The zero-order valence-electron chi connectivity index (χ0n) is 11.2. The summed E-state index contributed by atoms with van der Waals surface area (Å²) in [6.07, 6.45) is 0. The van der Waals surface area contributed by atoms with Gasteiger partial charge in [0.05, 0.1) is 17.3 Å². The van der Waals surface area contributed by atoms with Gasteiger partial charge < -0.3 is 15.4 Å².